The van der Waals surface area contributed by atoms with E-state index in [-0.39, 0.29) is 25.2 Å². The van der Waals surface area contributed by atoms with Gasteiger partial charge in [-0.3, -0.25) is 19.4 Å². The highest BCUT2D eigenvalue weighted by molar-refractivity contribution is 5.99. The third-order valence-corrected chi connectivity index (χ3v) is 4.49. The summed E-state index contributed by atoms with van der Waals surface area (Å²) < 4.78 is 0. The minimum Gasteiger partial charge on any atom is -0.480 e. The monoisotopic (exact) mass is 345 g/mol. The molecule has 1 aromatic rings. The van der Waals surface area contributed by atoms with E-state index in [1.54, 1.807) is 30.3 Å². The summed E-state index contributed by atoms with van der Waals surface area (Å²) in [4.78, 5) is 49.0. The Hall–Kier alpha value is -2.90. The van der Waals surface area contributed by atoms with Crippen LogP contribution in [0.1, 0.15) is 36.0 Å². The Morgan fingerprint density at radius 1 is 1.12 bits per heavy atom. The van der Waals surface area contributed by atoms with Crippen molar-refractivity contribution in [3.8, 4) is 0 Å². The lowest BCUT2D eigenvalue weighted by Crippen LogP contribution is -2.62. The van der Waals surface area contributed by atoms with Gasteiger partial charge < -0.3 is 10.4 Å². The van der Waals surface area contributed by atoms with Crippen LogP contribution in [-0.2, 0) is 14.4 Å². The van der Waals surface area contributed by atoms with Crippen LogP contribution in [0.5, 0.6) is 0 Å². The fraction of sp³-hybridized carbons (Fsp3) is 0.412. The summed E-state index contributed by atoms with van der Waals surface area (Å²) in [7, 11) is 0. The van der Waals surface area contributed by atoms with Gasteiger partial charge in [0, 0.05) is 18.5 Å². The summed E-state index contributed by atoms with van der Waals surface area (Å²) in [6.45, 7) is 0.313. The fourth-order valence-electron chi connectivity index (χ4n) is 3.22. The van der Waals surface area contributed by atoms with Gasteiger partial charge in [-0.05, 0) is 31.4 Å². The van der Waals surface area contributed by atoms with E-state index < -0.39 is 29.9 Å². The highest BCUT2D eigenvalue weighted by Gasteiger charge is 2.44. The van der Waals surface area contributed by atoms with Crippen molar-refractivity contribution < 1.29 is 24.3 Å². The second-order valence-corrected chi connectivity index (χ2v) is 6.13. The van der Waals surface area contributed by atoms with Gasteiger partial charge in [-0.1, -0.05) is 18.2 Å². The molecule has 0 aromatic heterocycles. The van der Waals surface area contributed by atoms with E-state index in [4.69, 9.17) is 0 Å². The quantitative estimate of drug-likeness (QED) is 0.824. The van der Waals surface area contributed by atoms with E-state index in [1.807, 2.05) is 0 Å². The Morgan fingerprint density at radius 2 is 1.84 bits per heavy atom. The first-order valence-electron chi connectivity index (χ1n) is 8.21. The van der Waals surface area contributed by atoms with Crippen LogP contribution >= 0.6 is 0 Å². The number of hydrogen-bond donors (Lipinski definition) is 2. The molecule has 1 unspecified atom stereocenters. The number of nitrogens with one attached hydrogen (secondary N) is 1. The number of carboxylic acid groups (broad SMARTS) is 1. The number of amides is 3. The lowest BCUT2D eigenvalue weighted by atomic mass is 10.1. The van der Waals surface area contributed by atoms with Crippen molar-refractivity contribution in [1.29, 1.82) is 0 Å². The lowest BCUT2D eigenvalue weighted by Gasteiger charge is -2.41. The summed E-state index contributed by atoms with van der Waals surface area (Å²) in [6, 6.07) is 6.42. The Kier molecular flexibility index (Phi) is 4.69. The van der Waals surface area contributed by atoms with Crippen molar-refractivity contribution in [2.45, 2.75) is 37.8 Å². The van der Waals surface area contributed by atoms with Crippen LogP contribution in [0.25, 0.3) is 0 Å². The molecule has 0 saturated carbocycles. The summed E-state index contributed by atoms with van der Waals surface area (Å²) in [5, 5.41) is 14.3. The van der Waals surface area contributed by atoms with Crippen molar-refractivity contribution in [1.82, 2.24) is 15.3 Å². The number of rotatable bonds is 3. The highest BCUT2D eigenvalue weighted by atomic mass is 16.4. The van der Waals surface area contributed by atoms with Crippen molar-refractivity contribution in [3.63, 3.8) is 0 Å². The summed E-state index contributed by atoms with van der Waals surface area (Å²) in [5.41, 5.74) is 0.399. The number of aliphatic carboxylic acids is 1. The molecule has 2 N–H and O–H groups in total. The third-order valence-electron chi connectivity index (χ3n) is 4.49. The van der Waals surface area contributed by atoms with Gasteiger partial charge in [0.15, 0.2) is 6.04 Å². The zero-order chi connectivity index (χ0) is 18.0. The number of carbonyl (C=O) groups excluding carboxylic acids is 3. The predicted molar refractivity (Wildman–Crippen MR) is 86.1 cm³/mol. The second-order valence-electron chi connectivity index (χ2n) is 6.13. The van der Waals surface area contributed by atoms with Gasteiger partial charge in [0.2, 0.25) is 5.91 Å². The van der Waals surface area contributed by atoms with Gasteiger partial charge in [-0.2, -0.15) is 0 Å². The van der Waals surface area contributed by atoms with Gasteiger partial charge in [0.05, 0.1) is 0 Å². The maximum atomic E-state index is 12.9. The molecular formula is C17H19N3O5. The lowest BCUT2D eigenvalue weighted by molar-refractivity contribution is -0.180. The number of carboxylic acids is 1. The van der Waals surface area contributed by atoms with Crippen molar-refractivity contribution in [2.75, 3.05) is 6.54 Å². The van der Waals surface area contributed by atoms with E-state index in [0.29, 0.717) is 18.5 Å². The maximum absolute atomic E-state index is 12.9. The largest absolute Gasteiger partial charge is 0.480 e. The van der Waals surface area contributed by atoms with Crippen LogP contribution in [-0.4, -0.2) is 57.4 Å². The Labute approximate surface area is 144 Å². The molecular weight excluding hydrogens is 326 g/mol. The molecule has 3 rings (SSSR count). The molecule has 0 aliphatic carbocycles. The number of nitrogens with zero attached hydrogens (tertiary/aromatic N) is 2. The van der Waals surface area contributed by atoms with Gasteiger partial charge in [0.25, 0.3) is 11.8 Å². The molecule has 8 heteroatoms. The minimum absolute atomic E-state index is 0.0777. The van der Waals surface area contributed by atoms with Crippen LogP contribution in [0, 0.1) is 0 Å². The van der Waals surface area contributed by atoms with Crippen LogP contribution < -0.4 is 5.32 Å². The number of hydrazine groups is 1. The molecule has 132 valence electrons. The van der Waals surface area contributed by atoms with E-state index in [1.165, 1.54) is 5.01 Å². The minimum atomic E-state index is -1.15. The molecule has 0 spiro atoms. The van der Waals surface area contributed by atoms with E-state index >= 15 is 0 Å². The molecule has 2 atom stereocenters. The number of carbonyl (C=O) groups is 4. The molecule has 2 saturated heterocycles. The fourth-order valence-corrected chi connectivity index (χ4v) is 3.22. The Morgan fingerprint density at radius 3 is 2.52 bits per heavy atom. The molecule has 0 bridgehead atoms. The first-order valence-corrected chi connectivity index (χ1v) is 8.21. The van der Waals surface area contributed by atoms with Gasteiger partial charge in [-0.25, -0.2) is 9.80 Å². The predicted octanol–water partition coefficient (Wildman–Crippen LogP) is 0.398. The molecule has 8 nitrogen and oxygen atoms in total. The first kappa shape index (κ1) is 16.9. The normalized spacial score (nSPS) is 23.7. The van der Waals surface area contributed by atoms with E-state index in [2.05, 4.69) is 5.32 Å². The van der Waals surface area contributed by atoms with Crippen LogP contribution in [0.15, 0.2) is 30.3 Å². The number of hydrogen-bond acceptors (Lipinski definition) is 4. The maximum Gasteiger partial charge on any atom is 0.328 e. The third kappa shape index (κ3) is 3.33. The standard InChI is InChI=1S/C17H19N3O5/c21-14-9-8-12(18-15(22)11-5-2-1-3-6-11)16(23)20-13(17(24)25)7-4-10-19(14)20/h1-3,5-6,12-13H,4,7-10H2,(H,18,22)(H,24,25)/t12-,13?/m0/s1. The van der Waals surface area contributed by atoms with Gasteiger partial charge in [-0.15, -0.1) is 0 Å². The molecule has 2 aliphatic rings. The second kappa shape index (κ2) is 6.92. The molecule has 2 aliphatic heterocycles. The molecule has 2 fully saturated rings. The first-order chi connectivity index (χ1) is 12.0. The summed E-state index contributed by atoms with van der Waals surface area (Å²) in [5.74, 6) is -2.43. The molecule has 0 radical (unpaired) electrons. The van der Waals surface area contributed by atoms with Crippen LogP contribution in [0.3, 0.4) is 0 Å². The van der Waals surface area contributed by atoms with Crippen molar-refractivity contribution >= 4 is 23.7 Å². The molecule has 2 heterocycles. The number of fused-ring (bicyclic) bond motifs is 1. The van der Waals surface area contributed by atoms with Gasteiger partial charge in [0.1, 0.15) is 6.04 Å². The van der Waals surface area contributed by atoms with E-state index in [9.17, 15) is 24.3 Å². The molecule has 1 aromatic carbocycles. The smallest absolute Gasteiger partial charge is 0.328 e. The zero-order valence-electron chi connectivity index (χ0n) is 13.6. The molecule has 25 heavy (non-hydrogen) atoms. The average Bonchev–Trinajstić information content (AvgIpc) is 2.74. The SMILES string of the molecule is O=C(N[C@H]1CCC(=O)N2CCCC(C(=O)O)N2C1=O)c1ccccc1. The van der Waals surface area contributed by atoms with Crippen molar-refractivity contribution in [3.05, 3.63) is 35.9 Å². The van der Waals surface area contributed by atoms with E-state index in [0.717, 1.165) is 5.01 Å². The van der Waals surface area contributed by atoms with Crippen LogP contribution in [0.2, 0.25) is 0 Å². The Bertz CT molecular complexity index is 705. The van der Waals surface area contributed by atoms with Crippen LogP contribution in [0.4, 0.5) is 0 Å². The van der Waals surface area contributed by atoms with Gasteiger partial charge >= 0.3 is 5.97 Å². The molecule has 3 amide bonds. The Balaban J connectivity index is 1.83. The number of benzene rings is 1. The topological polar surface area (TPSA) is 107 Å². The highest BCUT2D eigenvalue weighted by Crippen LogP contribution is 2.25. The summed E-state index contributed by atoms with van der Waals surface area (Å²) in [6.07, 6.45) is 1.03. The average molecular weight is 345 g/mol. The zero-order valence-corrected chi connectivity index (χ0v) is 13.6. The van der Waals surface area contributed by atoms with Crippen molar-refractivity contribution in [2.24, 2.45) is 0 Å². The summed E-state index contributed by atoms with van der Waals surface area (Å²) >= 11 is 0.